The molecule has 6 heteroatoms. The van der Waals surface area contributed by atoms with Crippen molar-refractivity contribution in [1.29, 1.82) is 5.26 Å². The van der Waals surface area contributed by atoms with E-state index in [1.165, 1.54) is 20.7 Å². The summed E-state index contributed by atoms with van der Waals surface area (Å²) < 4.78 is 2.35. The molecule has 2 aromatic heterocycles. The van der Waals surface area contributed by atoms with Crippen LogP contribution in [0.4, 0.5) is 0 Å². The van der Waals surface area contributed by atoms with Crippen molar-refractivity contribution in [3.8, 4) is 68.2 Å². The van der Waals surface area contributed by atoms with Gasteiger partial charge in [0.25, 0.3) is 0 Å². The summed E-state index contributed by atoms with van der Waals surface area (Å²) in [5.74, 6) is 1.76. The van der Waals surface area contributed by atoms with E-state index in [0.717, 1.165) is 66.4 Å². The van der Waals surface area contributed by atoms with Gasteiger partial charge in [0.2, 0.25) is 0 Å². The lowest BCUT2D eigenvalue weighted by Gasteiger charge is -2.34. The molecule has 10 aromatic carbocycles. The summed E-state index contributed by atoms with van der Waals surface area (Å²) in [5, 5.41) is 17.3. The number of aromatic nitrogens is 4. The van der Waals surface area contributed by atoms with Gasteiger partial charge in [0, 0.05) is 33.2 Å². The van der Waals surface area contributed by atoms with Gasteiger partial charge in [-0.05, 0) is 79.4 Å². The number of fused-ring (bicyclic) bond motifs is 3. The summed E-state index contributed by atoms with van der Waals surface area (Å²) in [4.78, 5) is 15.8. The largest absolute Gasteiger partial charge is 0.309 e. The topological polar surface area (TPSA) is 67.4 Å². The minimum atomic E-state index is -2.89. The molecule has 70 heavy (non-hydrogen) atoms. The van der Waals surface area contributed by atoms with Crippen molar-refractivity contribution in [2.75, 3.05) is 0 Å². The van der Waals surface area contributed by atoms with Gasteiger partial charge in [-0.15, -0.1) is 0 Å². The average Bonchev–Trinajstić information content (AvgIpc) is 3.78. The summed E-state index contributed by atoms with van der Waals surface area (Å²) in [6, 6.07) is 94.7. The Morgan fingerprint density at radius 1 is 0.329 bits per heavy atom. The average molecular weight is 910 g/mol. The standard InChI is InChI=1S/C64H43N5Si/c65-44-45-20-18-25-48(40-45)49-36-38-58-57-34-16-17-35-60(57)69(61(58)42-49)51-37-39-56(59(43-51)64-67-62(46-21-6-1-7-22-46)66-63(68-64)47-23-8-2-9-24-47)50-26-19-33-55(41-50)70(52-27-10-3-11-28-52,53-29-12-4-13-30-53)54-31-14-5-15-32-54/h1-43H. The third kappa shape index (κ3) is 7.48. The molecule has 0 saturated heterocycles. The number of nitriles is 1. The Bertz CT molecular complexity index is 3730. The van der Waals surface area contributed by atoms with Crippen molar-refractivity contribution < 1.29 is 0 Å². The molecule has 0 aliphatic rings. The van der Waals surface area contributed by atoms with Crippen LogP contribution in [0.1, 0.15) is 5.56 Å². The second-order valence-corrected chi connectivity index (χ2v) is 21.3. The lowest BCUT2D eigenvalue weighted by molar-refractivity contribution is 1.07. The van der Waals surface area contributed by atoms with Crippen LogP contribution in [0.5, 0.6) is 0 Å². The highest BCUT2D eigenvalue weighted by Crippen LogP contribution is 2.39. The highest BCUT2D eigenvalue weighted by atomic mass is 28.3. The van der Waals surface area contributed by atoms with Gasteiger partial charge in [0.05, 0.1) is 22.7 Å². The van der Waals surface area contributed by atoms with E-state index >= 15 is 0 Å². The van der Waals surface area contributed by atoms with E-state index in [-0.39, 0.29) is 0 Å². The van der Waals surface area contributed by atoms with E-state index in [4.69, 9.17) is 15.0 Å². The normalized spacial score (nSPS) is 11.4. The fourth-order valence-corrected chi connectivity index (χ4v) is 15.0. The number of rotatable bonds is 10. The first kappa shape index (κ1) is 42.1. The smallest absolute Gasteiger partial charge is 0.179 e. The third-order valence-electron chi connectivity index (χ3n) is 13.4. The van der Waals surface area contributed by atoms with E-state index in [0.29, 0.717) is 23.0 Å². The zero-order valence-corrected chi connectivity index (χ0v) is 39.1. The van der Waals surface area contributed by atoms with Gasteiger partial charge in [-0.25, -0.2) is 15.0 Å². The first-order valence-electron chi connectivity index (χ1n) is 23.5. The zero-order chi connectivity index (χ0) is 46.9. The summed E-state index contributed by atoms with van der Waals surface area (Å²) >= 11 is 0. The quantitative estimate of drug-likeness (QED) is 0.101. The van der Waals surface area contributed by atoms with Crippen molar-refractivity contribution in [1.82, 2.24) is 19.5 Å². The molecular weight excluding hydrogens is 867 g/mol. The van der Waals surface area contributed by atoms with Gasteiger partial charge in [-0.2, -0.15) is 5.26 Å². The van der Waals surface area contributed by atoms with Crippen LogP contribution in [0.2, 0.25) is 0 Å². The third-order valence-corrected chi connectivity index (χ3v) is 18.2. The number of para-hydroxylation sites is 1. The Morgan fingerprint density at radius 2 is 0.814 bits per heavy atom. The van der Waals surface area contributed by atoms with Crippen LogP contribution < -0.4 is 20.7 Å². The molecule has 0 amide bonds. The Labute approximate surface area is 408 Å². The predicted octanol–water partition coefficient (Wildman–Crippen LogP) is 12.6. The van der Waals surface area contributed by atoms with E-state index in [1.54, 1.807) is 0 Å². The van der Waals surface area contributed by atoms with Crippen LogP contribution >= 0.6 is 0 Å². The van der Waals surface area contributed by atoms with Crippen molar-refractivity contribution in [3.63, 3.8) is 0 Å². The summed E-state index contributed by atoms with van der Waals surface area (Å²) in [7, 11) is -2.89. The lowest BCUT2D eigenvalue weighted by atomic mass is 9.98. The lowest BCUT2D eigenvalue weighted by Crippen LogP contribution is -2.74. The molecule has 12 aromatic rings. The Kier molecular flexibility index (Phi) is 10.9. The maximum Gasteiger partial charge on any atom is 0.179 e. The van der Waals surface area contributed by atoms with Crippen molar-refractivity contribution in [3.05, 3.63) is 266 Å². The zero-order valence-electron chi connectivity index (χ0n) is 38.1. The minimum absolute atomic E-state index is 0.572. The molecule has 0 saturated carbocycles. The summed E-state index contributed by atoms with van der Waals surface area (Å²) in [6.45, 7) is 0. The summed E-state index contributed by atoms with van der Waals surface area (Å²) in [6.07, 6.45) is 0. The van der Waals surface area contributed by atoms with Crippen LogP contribution in [0, 0.1) is 11.3 Å². The molecule has 5 nitrogen and oxygen atoms in total. The molecule has 0 spiro atoms. The molecule has 0 aliphatic carbocycles. The molecule has 0 bridgehead atoms. The fraction of sp³-hybridized carbons (Fsp3) is 0. The van der Waals surface area contributed by atoms with E-state index in [1.807, 2.05) is 54.6 Å². The monoisotopic (exact) mass is 909 g/mol. The van der Waals surface area contributed by atoms with Crippen molar-refractivity contribution in [2.45, 2.75) is 0 Å². The number of hydrogen-bond acceptors (Lipinski definition) is 4. The number of nitrogens with zero attached hydrogens (tertiary/aromatic N) is 5. The maximum atomic E-state index is 9.80. The highest BCUT2D eigenvalue weighted by Gasteiger charge is 2.41. The molecule has 0 fully saturated rings. The van der Waals surface area contributed by atoms with Gasteiger partial charge in [0.1, 0.15) is 0 Å². The molecular formula is C64H43N5Si. The van der Waals surface area contributed by atoms with Gasteiger partial charge < -0.3 is 4.57 Å². The molecule has 0 unspecified atom stereocenters. The Hall–Kier alpha value is -9.28. The Balaban J connectivity index is 1.14. The van der Waals surface area contributed by atoms with Crippen LogP contribution in [0.15, 0.2) is 261 Å². The second kappa shape index (κ2) is 18.1. The molecule has 0 N–H and O–H groups in total. The highest BCUT2D eigenvalue weighted by molar-refractivity contribution is 7.19. The maximum absolute atomic E-state index is 9.80. The predicted molar refractivity (Wildman–Crippen MR) is 290 cm³/mol. The number of benzene rings is 10. The summed E-state index contributed by atoms with van der Waals surface area (Å²) in [5.41, 5.74) is 10.5. The molecule has 0 atom stereocenters. The van der Waals surface area contributed by atoms with Crippen molar-refractivity contribution in [2.24, 2.45) is 0 Å². The van der Waals surface area contributed by atoms with Gasteiger partial charge in [0.15, 0.2) is 25.5 Å². The van der Waals surface area contributed by atoms with Crippen LogP contribution in [-0.2, 0) is 0 Å². The molecule has 2 heterocycles. The van der Waals surface area contributed by atoms with Crippen LogP contribution in [0.3, 0.4) is 0 Å². The van der Waals surface area contributed by atoms with Gasteiger partial charge >= 0.3 is 0 Å². The Morgan fingerprint density at radius 3 is 1.43 bits per heavy atom. The van der Waals surface area contributed by atoms with E-state index < -0.39 is 8.07 Å². The molecule has 0 aliphatic heterocycles. The van der Waals surface area contributed by atoms with E-state index in [2.05, 4.69) is 217 Å². The van der Waals surface area contributed by atoms with Gasteiger partial charge in [-0.3, -0.25) is 0 Å². The van der Waals surface area contributed by atoms with Crippen molar-refractivity contribution >= 4 is 50.6 Å². The van der Waals surface area contributed by atoms with Crippen LogP contribution in [-0.4, -0.2) is 27.6 Å². The fourth-order valence-electron chi connectivity index (χ4n) is 10.2. The van der Waals surface area contributed by atoms with E-state index in [9.17, 15) is 5.26 Å². The molecule has 0 radical (unpaired) electrons. The van der Waals surface area contributed by atoms with Gasteiger partial charge in [-0.1, -0.05) is 224 Å². The SMILES string of the molecule is N#Cc1cccc(-c2ccc3c4ccccc4n(-c4ccc(-c5cccc([Si](c6ccccc6)(c6ccccc6)c6ccccc6)c5)c(-c5nc(-c6ccccc6)nc(-c6ccccc6)n5)c4)c3c2)c1. The minimum Gasteiger partial charge on any atom is -0.309 e. The van der Waals surface area contributed by atoms with Crippen LogP contribution in [0.25, 0.3) is 83.9 Å². The molecule has 328 valence electrons. The first-order chi connectivity index (χ1) is 34.7. The second-order valence-electron chi connectivity index (χ2n) is 17.5. The number of hydrogen-bond donors (Lipinski definition) is 0. The first-order valence-corrected chi connectivity index (χ1v) is 25.5. The molecule has 12 rings (SSSR count).